The molecule has 0 bridgehead atoms. The van der Waals surface area contributed by atoms with Crippen LogP contribution in [-0.2, 0) is 26.1 Å². The van der Waals surface area contributed by atoms with Gasteiger partial charge in [0.05, 0.1) is 6.20 Å². The van der Waals surface area contributed by atoms with Crippen LogP contribution < -0.4 is 0 Å². The van der Waals surface area contributed by atoms with Gasteiger partial charge in [0.15, 0.2) is 0 Å². The van der Waals surface area contributed by atoms with Crippen LogP contribution in [0.1, 0.15) is 44.1 Å². The maximum atomic E-state index is 4.43. The lowest BCUT2D eigenvalue weighted by Crippen LogP contribution is -2.22. The van der Waals surface area contributed by atoms with Crippen molar-refractivity contribution in [1.29, 1.82) is 0 Å². The summed E-state index contributed by atoms with van der Waals surface area (Å²) in [6.07, 6.45) is 10.0. The summed E-state index contributed by atoms with van der Waals surface area (Å²) >= 11 is 0. The first-order valence-corrected chi connectivity index (χ1v) is 7.78. The van der Waals surface area contributed by atoms with E-state index >= 15 is 0 Å². The summed E-state index contributed by atoms with van der Waals surface area (Å²) in [7, 11) is 0. The monoisotopic (exact) mass is 287 g/mol. The molecule has 21 heavy (non-hydrogen) atoms. The highest BCUT2D eigenvalue weighted by Gasteiger charge is 2.07. The van der Waals surface area contributed by atoms with Crippen LogP contribution in [0, 0.1) is 0 Å². The van der Waals surface area contributed by atoms with Gasteiger partial charge in [-0.2, -0.15) is 5.10 Å². The molecular weight excluding hydrogens is 262 g/mol. The van der Waals surface area contributed by atoms with Gasteiger partial charge in [0.2, 0.25) is 0 Å². The van der Waals surface area contributed by atoms with Crippen LogP contribution in [0.2, 0.25) is 0 Å². The van der Waals surface area contributed by atoms with Crippen LogP contribution in [0.3, 0.4) is 0 Å². The molecule has 0 aromatic carbocycles. The molecule has 5 nitrogen and oxygen atoms in total. The van der Waals surface area contributed by atoms with Gasteiger partial charge < -0.3 is 0 Å². The van der Waals surface area contributed by atoms with Gasteiger partial charge in [-0.3, -0.25) is 9.58 Å². The van der Waals surface area contributed by atoms with Crippen molar-refractivity contribution < 1.29 is 0 Å². The largest absolute Gasteiger partial charge is 0.295 e. The molecule has 0 spiro atoms. The Bertz CT molecular complexity index is 532. The van der Waals surface area contributed by atoms with Crippen molar-refractivity contribution in [3.05, 3.63) is 41.7 Å². The molecule has 0 atom stereocenters. The highest BCUT2D eigenvalue weighted by atomic mass is 15.3. The predicted molar refractivity (Wildman–Crippen MR) is 83.7 cm³/mol. The fourth-order valence-corrected chi connectivity index (χ4v) is 2.27. The third kappa shape index (κ3) is 4.63. The summed E-state index contributed by atoms with van der Waals surface area (Å²) in [5.41, 5.74) is 2.42. The molecule has 0 unspecified atom stereocenters. The molecule has 5 heteroatoms. The Kier molecular flexibility index (Phi) is 5.87. The number of hydrogen-bond donors (Lipinski definition) is 0. The second kappa shape index (κ2) is 7.88. The highest BCUT2D eigenvalue weighted by molar-refractivity contribution is 5.07. The molecule has 2 heterocycles. The van der Waals surface area contributed by atoms with Crippen LogP contribution in [0.25, 0.3) is 0 Å². The number of aromatic nitrogens is 4. The first kappa shape index (κ1) is 15.6. The zero-order valence-electron chi connectivity index (χ0n) is 13.3. The Morgan fingerprint density at radius 2 is 1.71 bits per heavy atom. The van der Waals surface area contributed by atoms with E-state index in [1.54, 1.807) is 0 Å². The lowest BCUT2D eigenvalue weighted by molar-refractivity contribution is 0.270. The maximum Gasteiger partial charge on any atom is 0.128 e. The van der Waals surface area contributed by atoms with Crippen molar-refractivity contribution in [3.8, 4) is 0 Å². The predicted octanol–water partition coefficient (Wildman–Crippen LogP) is 2.67. The van der Waals surface area contributed by atoms with Crippen molar-refractivity contribution in [3.63, 3.8) is 0 Å². The lowest BCUT2D eigenvalue weighted by Gasteiger charge is -2.19. The second-order valence-corrected chi connectivity index (χ2v) is 5.27. The van der Waals surface area contributed by atoms with Gasteiger partial charge in [0.1, 0.15) is 5.82 Å². The lowest BCUT2D eigenvalue weighted by atomic mass is 10.2. The average Bonchev–Trinajstić information content (AvgIpc) is 2.96. The zero-order chi connectivity index (χ0) is 15.1. The van der Waals surface area contributed by atoms with Crippen LogP contribution in [0.5, 0.6) is 0 Å². The Morgan fingerprint density at radius 3 is 2.29 bits per heavy atom. The number of aryl methyl sites for hydroxylation is 2. The molecule has 0 saturated carbocycles. The Labute approximate surface area is 127 Å². The van der Waals surface area contributed by atoms with Gasteiger partial charge in [-0.15, -0.1) is 0 Å². The van der Waals surface area contributed by atoms with Gasteiger partial charge in [0, 0.05) is 55.8 Å². The van der Waals surface area contributed by atoms with Crippen molar-refractivity contribution in [2.45, 2.75) is 53.2 Å². The Balaban J connectivity index is 1.94. The zero-order valence-corrected chi connectivity index (χ0v) is 13.3. The molecule has 0 fully saturated rings. The third-order valence-corrected chi connectivity index (χ3v) is 3.50. The Hall–Kier alpha value is -1.75. The van der Waals surface area contributed by atoms with Crippen molar-refractivity contribution >= 4 is 0 Å². The summed E-state index contributed by atoms with van der Waals surface area (Å²) in [4.78, 5) is 11.2. The minimum atomic E-state index is 0.875. The Morgan fingerprint density at radius 1 is 1.00 bits per heavy atom. The summed E-state index contributed by atoms with van der Waals surface area (Å²) in [5.74, 6) is 0.938. The van der Waals surface area contributed by atoms with Crippen LogP contribution >= 0.6 is 0 Å². The van der Waals surface area contributed by atoms with Gasteiger partial charge in [-0.25, -0.2) is 9.97 Å². The molecule has 114 valence electrons. The fraction of sp³-hybridized carbons (Fsp3) is 0.562. The van der Waals surface area contributed by atoms with Crippen molar-refractivity contribution in [2.24, 2.45) is 0 Å². The van der Waals surface area contributed by atoms with E-state index in [2.05, 4.69) is 46.9 Å². The van der Waals surface area contributed by atoms with Crippen LogP contribution in [0.4, 0.5) is 0 Å². The fourth-order valence-electron chi connectivity index (χ4n) is 2.27. The van der Waals surface area contributed by atoms with E-state index in [-0.39, 0.29) is 0 Å². The van der Waals surface area contributed by atoms with E-state index in [9.17, 15) is 0 Å². The van der Waals surface area contributed by atoms with Crippen molar-refractivity contribution in [2.75, 3.05) is 6.54 Å². The van der Waals surface area contributed by atoms with E-state index in [0.717, 1.165) is 44.8 Å². The molecule has 2 aromatic rings. The first-order chi connectivity index (χ1) is 10.2. The standard InChI is InChI=1S/C16H25N5/c1-4-7-16-17-8-14(9-18-16)11-20(5-2)12-15-10-19-21(6-3)13-15/h8-10,13H,4-7,11-12H2,1-3H3. The topological polar surface area (TPSA) is 46.8 Å². The molecule has 0 saturated heterocycles. The molecule has 0 aliphatic heterocycles. The van der Waals surface area contributed by atoms with E-state index in [1.807, 2.05) is 23.3 Å². The molecule has 0 aliphatic rings. The molecule has 0 aliphatic carbocycles. The molecule has 2 rings (SSSR count). The summed E-state index contributed by atoms with van der Waals surface area (Å²) < 4.78 is 1.96. The minimum absolute atomic E-state index is 0.875. The first-order valence-electron chi connectivity index (χ1n) is 7.78. The molecule has 0 amide bonds. The summed E-state index contributed by atoms with van der Waals surface area (Å²) in [6, 6.07) is 0. The van der Waals surface area contributed by atoms with Gasteiger partial charge >= 0.3 is 0 Å². The molecule has 0 radical (unpaired) electrons. The number of rotatable bonds is 8. The third-order valence-electron chi connectivity index (χ3n) is 3.50. The summed E-state index contributed by atoms with van der Waals surface area (Å²) in [5, 5.41) is 4.33. The van der Waals surface area contributed by atoms with E-state index in [0.29, 0.717) is 0 Å². The number of hydrogen-bond acceptors (Lipinski definition) is 4. The van der Waals surface area contributed by atoms with Crippen LogP contribution in [-0.4, -0.2) is 31.2 Å². The smallest absolute Gasteiger partial charge is 0.128 e. The maximum absolute atomic E-state index is 4.43. The van der Waals surface area contributed by atoms with Gasteiger partial charge in [-0.1, -0.05) is 13.8 Å². The normalized spacial score (nSPS) is 11.2. The molecular formula is C16H25N5. The SMILES string of the molecule is CCCc1ncc(CN(CC)Cc2cnn(CC)c2)cn1. The van der Waals surface area contributed by atoms with E-state index in [1.165, 1.54) is 11.1 Å². The van der Waals surface area contributed by atoms with Crippen LogP contribution in [0.15, 0.2) is 24.8 Å². The second-order valence-electron chi connectivity index (χ2n) is 5.27. The van der Waals surface area contributed by atoms with Gasteiger partial charge in [-0.05, 0) is 19.9 Å². The summed E-state index contributed by atoms with van der Waals surface area (Å²) in [6.45, 7) is 10.1. The van der Waals surface area contributed by atoms with Crippen molar-refractivity contribution in [1.82, 2.24) is 24.6 Å². The van der Waals surface area contributed by atoms with E-state index < -0.39 is 0 Å². The average molecular weight is 287 g/mol. The van der Waals surface area contributed by atoms with E-state index in [4.69, 9.17) is 0 Å². The highest BCUT2D eigenvalue weighted by Crippen LogP contribution is 2.09. The molecule has 0 N–H and O–H groups in total. The number of nitrogens with zero attached hydrogens (tertiary/aromatic N) is 5. The minimum Gasteiger partial charge on any atom is -0.295 e. The quantitative estimate of drug-likeness (QED) is 0.749. The van der Waals surface area contributed by atoms with Gasteiger partial charge in [0.25, 0.3) is 0 Å². The molecule has 2 aromatic heterocycles.